The van der Waals surface area contributed by atoms with E-state index in [4.69, 9.17) is 5.10 Å². The second-order valence-corrected chi connectivity index (χ2v) is 11.9. The number of nitrogens with one attached hydrogen (secondary N) is 4. The van der Waals surface area contributed by atoms with E-state index in [1.165, 1.54) is 22.4 Å². The van der Waals surface area contributed by atoms with Crippen molar-refractivity contribution in [3.05, 3.63) is 107 Å². The van der Waals surface area contributed by atoms with Gasteiger partial charge in [0.15, 0.2) is 0 Å². The molecule has 7 nitrogen and oxygen atoms in total. The first-order chi connectivity index (χ1) is 21.0. The molecule has 1 fully saturated rings. The highest BCUT2D eigenvalue weighted by molar-refractivity contribution is 5.97. The lowest BCUT2D eigenvalue weighted by Gasteiger charge is -2.22. The van der Waals surface area contributed by atoms with Crippen LogP contribution in [0.15, 0.2) is 84.7 Å². The maximum atomic E-state index is 12.9. The van der Waals surface area contributed by atoms with Crippen LogP contribution in [-0.2, 0) is 11.2 Å². The topological polar surface area (TPSA) is 98.5 Å². The highest BCUT2D eigenvalue weighted by Gasteiger charge is 2.20. The zero-order chi connectivity index (χ0) is 29.3. The van der Waals surface area contributed by atoms with E-state index in [9.17, 15) is 4.79 Å². The van der Waals surface area contributed by atoms with Gasteiger partial charge < -0.3 is 15.6 Å². The molecule has 1 amide bonds. The van der Waals surface area contributed by atoms with Gasteiger partial charge in [-0.05, 0) is 116 Å². The van der Waals surface area contributed by atoms with Crippen molar-refractivity contribution in [2.24, 2.45) is 5.92 Å². The molecule has 2 aromatic carbocycles. The highest BCUT2D eigenvalue weighted by Crippen LogP contribution is 2.37. The molecule has 1 aliphatic carbocycles. The van der Waals surface area contributed by atoms with Crippen LogP contribution in [0.5, 0.6) is 0 Å². The number of rotatable bonds is 6. The molecule has 7 heteroatoms. The van der Waals surface area contributed by atoms with Crippen molar-refractivity contribution in [1.29, 1.82) is 0 Å². The number of aromatic amines is 2. The number of hydrogen-bond acceptors (Lipinski definition) is 4. The van der Waals surface area contributed by atoms with Gasteiger partial charge in [-0.15, -0.1) is 0 Å². The lowest BCUT2D eigenvalue weighted by Crippen LogP contribution is -2.30. The fourth-order valence-corrected chi connectivity index (χ4v) is 6.42. The van der Waals surface area contributed by atoms with Crippen molar-refractivity contribution in [2.75, 3.05) is 18.4 Å². The van der Waals surface area contributed by atoms with E-state index < -0.39 is 0 Å². The van der Waals surface area contributed by atoms with Crippen LogP contribution in [0.25, 0.3) is 39.0 Å². The minimum atomic E-state index is 0.0906. The molecule has 4 heterocycles. The maximum Gasteiger partial charge on any atom is 0.224 e. The van der Waals surface area contributed by atoms with E-state index in [0.717, 1.165) is 82.6 Å². The Morgan fingerprint density at radius 1 is 0.930 bits per heavy atom. The van der Waals surface area contributed by atoms with Gasteiger partial charge in [-0.1, -0.05) is 29.9 Å². The summed E-state index contributed by atoms with van der Waals surface area (Å²) < 4.78 is 0. The molecule has 0 spiro atoms. The average Bonchev–Trinajstić information content (AvgIpc) is 3.58. The Bertz CT molecular complexity index is 1870. The molecule has 0 atom stereocenters. The van der Waals surface area contributed by atoms with Crippen LogP contribution in [0.3, 0.4) is 0 Å². The molecule has 43 heavy (non-hydrogen) atoms. The zero-order valence-corrected chi connectivity index (χ0v) is 24.6. The monoisotopic (exact) mass is 568 g/mol. The Balaban J connectivity index is 1.20. The summed E-state index contributed by atoms with van der Waals surface area (Å²) in [7, 11) is 0. The standard InChI is InChI=1S/C36H36N6O/c1-22-3-5-29(25-9-13-38-14-10-25)30-21-34(40-33(30)17-22)36-31-20-26(4-6-32(31)41-42-36)27-15-23(2)16-28(19-27)39-35(43)18-24-7-11-37-12-8-24/h3-6,9-10,13-16,19-21,24,37,40H,7-8,11-12,17-18H2,1-2H3,(H,39,43)(H,41,42). The number of nitrogens with zero attached hydrogens (tertiary/aromatic N) is 2. The molecule has 0 unspecified atom stereocenters. The molecule has 5 aromatic rings. The second kappa shape index (κ2) is 11.5. The molecule has 1 saturated heterocycles. The number of pyridine rings is 1. The Hall–Kier alpha value is -4.75. The van der Waals surface area contributed by atoms with Crippen molar-refractivity contribution in [3.63, 3.8) is 0 Å². The number of amides is 1. The van der Waals surface area contributed by atoms with Crippen LogP contribution < -0.4 is 10.6 Å². The first kappa shape index (κ1) is 27.1. The number of allylic oxidation sites excluding steroid dienone is 3. The minimum absolute atomic E-state index is 0.0906. The van der Waals surface area contributed by atoms with Crippen molar-refractivity contribution < 1.29 is 4.79 Å². The van der Waals surface area contributed by atoms with Crippen molar-refractivity contribution in [1.82, 2.24) is 25.5 Å². The van der Waals surface area contributed by atoms with Gasteiger partial charge in [-0.3, -0.25) is 14.9 Å². The summed E-state index contributed by atoms with van der Waals surface area (Å²) in [6, 6.07) is 19.0. The Labute approximate surface area is 251 Å². The smallest absolute Gasteiger partial charge is 0.224 e. The fraction of sp³-hybridized carbons (Fsp3) is 0.250. The van der Waals surface area contributed by atoms with Gasteiger partial charge in [0.1, 0.15) is 5.69 Å². The lowest BCUT2D eigenvalue weighted by atomic mass is 9.94. The van der Waals surface area contributed by atoms with E-state index in [2.05, 4.69) is 100 Å². The van der Waals surface area contributed by atoms with E-state index in [1.54, 1.807) is 0 Å². The minimum Gasteiger partial charge on any atom is -0.356 e. The summed E-state index contributed by atoms with van der Waals surface area (Å²) in [6.45, 7) is 6.23. The number of carbonyl (C=O) groups is 1. The molecular weight excluding hydrogens is 532 g/mol. The number of aryl methyl sites for hydroxylation is 1. The van der Waals surface area contributed by atoms with Crippen LogP contribution >= 0.6 is 0 Å². The second-order valence-electron chi connectivity index (χ2n) is 11.9. The number of aromatic nitrogens is 4. The van der Waals surface area contributed by atoms with Gasteiger partial charge in [0.2, 0.25) is 5.91 Å². The number of anilines is 1. The van der Waals surface area contributed by atoms with Crippen LogP contribution in [-0.4, -0.2) is 39.2 Å². The number of carbonyl (C=O) groups excluding carboxylic acids is 1. The Morgan fingerprint density at radius 2 is 1.77 bits per heavy atom. The molecule has 3 aromatic heterocycles. The summed E-state index contributed by atoms with van der Waals surface area (Å²) in [4.78, 5) is 20.8. The van der Waals surface area contributed by atoms with Crippen molar-refractivity contribution in [3.8, 4) is 22.5 Å². The highest BCUT2D eigenvalue weighted by atomic mass is 16.1. The number of H-pyrrole nitrogens is 2. The number of piperidine rings is 1. The summed E-state index contributed by atoms with van der Waals surface area (Å²) in [5.74, 6) is 0.541. The fourth-order valence-electron chi connectivity index (χ4n) is 6.42. The third-order valence-corrected chi connectivity index (χ3v) is 8.62. The van der Waals surface area contributed by atoms with Crippen molar-refractivity contribution in [2.45, 2.75) is 39.5 Å². The quantitative estimate of drug-likeness (QED) is 0.174. The van der Waals surface area contributed by atoms with Gasteiger partial charge in [-0.25, -0.2) is 0 Å². The molecule has 216 valence electrons. The third-order valence-electron chi connectivity index (χ3n) is 8.62. The summed E-state index contributed by atoms with van der Waals surface area (Å²) in [5.41, 5.74) is 12.9. The molecule has 0 radical (unpaired) electrons. The summed E-state index contributed by atoms with van der Waals surface area (Å²) in [5, 5.41) is 15.6. The molecule has 7 rings (SSSR count). The van der Waals surface area contributed by atoms with Crippen LogP contribution in [0.4, 0.5) is 5.69 Å². The largest absolute Gasteiger partial charge is 0.356 e. The normalized spacial score (nSPS) is 15.5. The Morgan fingerprint density at radius 3 is 2.60 bits per heavy atom. The van der Waals surface area contributed by atoms with Gasteiger partial charge in [0.25, 0.3) is 0 Å². The van der Waals surface area contributed by atoms with Crippen LogP contribution in [0.1, 0.15) is 48.6 Å². The first-order valence-corrected chi connectivity index (χ1v) is 15.1. The number of fused-ring (bicyclic) bond motifs is 2. The molecule has 4 N–H and O–H groups in total. The SMILES string of the molecule is CC1=CC=C(c2ccncc2)c2cc(-c3n[nH]c4ccc(-c5cc(C)cc(NC(=O)CC6CCNCC6)c5)cc34)[nH]c2C1. The molecular formula is C36H36N6O. The third kappa shape index (κ3) is 5.68. The summed E-state index contributed by atoms with van der Waals surface area (Å²) >= 11 is 0. The lowest BCUT2D eigenvalue weighted by molar-refractivity contribution is -0.117. The van der Waals surface area contributed by atoms with E-state index in [1.807, 2.05) is 18.5 Å². The van der Waals surface area contributed by atoms with E-state index in [-0.39, 0.29) is 5.91 Å². The predicted molar refractivity (Wildman–Crippen MR) is 174 cm³/mol. The van der Waals surface area contributed by atoms with Crippen LogP contribution in [0.2, 0.25) is 0 Å². The molecule has 0 bridgehead atoms. The number of benzene rings is 2. The molecule has 1 aliphatic heterocycles. The van der Waals surface area contributed by atoms with Crippen molar-refractivity contribution >= 4 is 28.1 Å². The van der Waals surface area contributed by atoms with Gasteiger partial charge in [0.05, 0.1) is 11.2 Å². The predicted octanol–water partition coefficient (Wildman–Crippen LogP) is 7.19. The first-order valence-electron chi connectivity index (χ1n) is 15.1. The Kier molecular flexibility index (Phi) is 7.25. The molecule has 2 aliphatic rings. The van der Waals surface area contributed by atoms with Gasteiger partial charge >= 0.3 is 0 Å². The number of hydrogen-bond donors (Lipinski definition) is 4. The van der Waals surface area contributed by atoms with E-state index >= 15 is 0 Å². The average molecular weight is 569 g/mol. The van der Waals surface area contributed by atoms with Gasteiger partial charge in [0, 0.05) is 47.6 Å². The zero-order valence-electron chi connectivity index (χ0n) is 24.6. The maximum absolute atomic E-state index is 12.9. The van der Waals surface area contributed by atoms with Gasteiger partial charge in [-0.2, -0.15) is 5.10 Å². The van der Waals surface area contributed by atoms with Crippen LogP contribution in [0, 0.1) is 12.8 Å². The molecule has 0 saturated carbocycles. The summed E-state index contributed by atoms with van der Waals surface area (Å²) in [6.07, 6.45) is 11.6. The van der Waals surface area contributed by atoms with E-state index in [0.29, 0.717) is 12.3 Å².